The number of hydrogen-bond acceptors (Lipinski definition) is 3. The summed E-state index contributed by atoms with van der Waals surface area (Å²) >= 11 is 0. The monoisotopic (exact) mass is 461 g/mol. The third-order valence-corrected chi connectivity index (χ3v) is 7.08. The lowest BCUT2D eigenvalue weighted by Gasteiger charge is -2.43. The number of carbonyl (C=O) groups excluding carboxylic acids is 1. The number of rotatable bonds is 5. The van der Waals surface area contributed by atoms with Crippen molar-refractivity contribution in [3.05, 3.63) is 70.3 Å². The summed E-state index contributed by atoms with van der Waals surface area (Å²) in [5, 5.41) is 9.85. The summed E-state index contributed by atoms with van der Waals surface area (Å²) in [5.74, 6) is -0.969. The predicted molar refractivity (Wildman–Crippen MR) is 116 cm³/mol. The topological polar surface area (TPSA) is 86.9 Å². The van der Waals surface area contributed by atoms with Crippen LogP contribution in [0.1, 0.15) is 46.0 Å². The lowest BCUT2D eigenvalue weighted by molar-refractivity contribution is -0.139. The molecule has 4 rings (SSSR count). The van der Waals surface area contributed by atoms with Crippen molar-refractivity contribution in [2.24, 2.45) is 5.73 Å². The Hall–Kier alpha value is -3.07. The first-order valence-electron chi connectivity index (χ1n) is 10.8. The van der Waals surface area contributed by atoms with Gasteiger partial charge in [0.2, 0.25) is 5.91 Å². The molecule has 176 valence electrons. The Bertz CT molecular complexity index is 1100. The van der Waals surface area contributed by atoms with Crippen LogP contribution < -0.4 is 5.73 Å². The van der Waals surface area contributed by atoms with Gasteiger partial charge >= 0.3 is 12.3 Å². The Balaban J connectivity index is 1.74. The van der Waals surface area contributed by atoms with Gasteiger partial charge in [0.1, 0.15) is 0 Å². The number of halogens is 3. The maximum atomic E-state index is 14.0. The number of primary amides is 1. The van der Waals surface area contributed by atoms with Crippen molar-refractivity contribution in [3.63, 3.8) is 0 Å². The standard InChI is InChI=1S/C24H26F3N3O3/c1-14-5-3-4-6-16(14)9-15(2)29-13-23(11-18(29)12-30(23)22(32)33)19-8-7-17(21(28)31)10-20(19)24(25,26)27/h3-8,10,15,18H,9,11-13H2,1-2H3,(H2,28,31)(H,32,33). The summed E-state index contributed by atoms with van der Waals surface area (Å²) < 4.78 is 42.1. The van der Waals surface area contributed by atoms with Crippen LogP contribution >= 0.6 is 0 Å². The van der Waals surface area contributed by atoms with Crippen LogP contribution in [0.25, 0.3) is 0 Å². The zero-order valence-electron chi connectivity index (χ0n) is 18.4. The lowest BCUT2D eigenvalue weighted by atomic mass is 9.84. The zero-order chi connectivity index (χ0) is 24.1. The van der Waals surface area contributed by atoms with Crippen LogP contribution in [0.15, 0.2) is 42.5 Å². The number of nitrogens with two attached hydrogens (primary N) is 1. The highest BCUT2D eigenvalue weighted by Crippen LogP contribution is 2.51. The zero-order valence-corrected chi connectivity index (χ0v) is 18.4. The van der Waals surface area contributed by atoms with Crippen molar-refractivity contribution >= 4 is 12.0 Å². The first kappa shape index (κ1) is 23.1. The normalized spacial score (nSPS) is 23.7. The highest BCUT2D eigenvalue weighted by Gasteiger charge is 2.60. The molecule has 0 aromatic heterocycles. The van der Waals surface area contributed by atoms with E-state index in [1.165, 1.54) is 12.1 Å². The van der Waals surface area contributed by atoms with Gasteiger partial charge in [-0.15, -0.1) is 0 Å². The number of benzene rings is 2. The first-order chi connectivity index (χ1) is 15.4. The SMILES string of the molecule is Cc1ccccc1CC(C)N1CC2(c3ccc(C(N)=O)cc3C(F)(F)F)CC1CN2C(=O)O. The summed E-state index contributed by atoms with van der Waals surface area (Å²) in [6.07, 6.45) is -5.05. The predicted octanol–water partition coefficient (Wildman–Crippen LogP) is 4.01. The van der Waals surface area contributed by atoms with E-state index >= 15 is 0 Å². The number of fused-ring (bicyclic) bond motifs is 2. The molecule has 0 spiro atoms. The van der Waals surface area contributed by atoms with E-state index in [1.807, 2.05) is 38.1 Å². The highest BCUT2D eigenvalue weighted by atomic mass is 19.4. The van der Waals surface area contributed by atoms with Crippen molar-refractivity contribution < 1.29 is 27.9 Å². The molecule has 2 bridgehead atoms. The summed E-state index contributed by atoms with van der Waals surface area (Å²) in [4.78, 5) is 26.8. The van der Waals surface area contributed by atoms with Gasteiger partial charge in [-0.1, -0.05) is 30.3 Å². The molecular formula is C24H26F3N3O3. The number of aryl methyl sites for hydroxylation is 1. The number of carboxylic acid groups (broad SMARTS) is 1. The van der Waals surface area contributed by atoms with Crippen LogP contribution in [0.5, 0.6) is 0 Å². The molecule has 2 amide bonds. The minimum absolute atomic E-state index is 0.00755. The fraction of sp³-hybridized carbons (Fsp3) is 0.417. The molecule has 3 N–H and O–H groups in total. The summed E-state index contributed by atoms with van der Waals surface area (Å²) in [6, 6.07) is 11.0. The quantitative estimate of drug-likeness (QED) is 0.705. The molecule has 2 aliphatic heterocycles. The molecule has 2 saturated heterocycles. The Morgan fingerprint density at radius 3 is 2.55 bits per heavy atom. The van der Waals surface area contributed by atoms with Gasteiger partial charge in [-0.3, -0.25) is 14.6 Å². The second-order valence-corrected chi connectivity index (χ2v) is 9.06. The molecule has 0 aliphatic carbocycles. The van der Waals surface area contributed by atoms with E-state index in [-0.39, 0.29) is 42.7 Å². The summed E-state index contributed by atoms with van der Waals surface area (Å²) in [6.45, 7) is 4.31. The third kappa shape index (κ3) is 3.94. The Morgan fingerprint density at radius 2 is 1.94 bits per heavy atom. The number of nitrogens with zero attached hydrogens (tertiary/aromatic N) is 2. The molecule has 2 aliphatic rings. The van der Waals surface area contributed by atoms with Gasteiger partial charge in [-0.05, 0) is 55.5 Å². The molecule has 0 radical (unpaired) electrons. The van der Waals surface area contributed by atoms with Crippen molar-refractivity contribution in [1.82, 2.24) is 9.80 Å². The maximum absolute atomic E-state index is 14.0. The number of likely N-dealkylation sites (tertiary alicyclic amines) is 2. The molecular weight excluding hydrogens is 435 g/mol. The van der Waals surface area contributed by atoms with E-state index in [1.54, 1.807) is 0 Å². The number of hydrogen-bond donors (Lipinski definition) is 2. The first-order valence-corrected chi connectivity index (χ1v) is 10.8. The van der Waals surface area contributed by atoms with Crippen molar-refractivity contribution in [3.8, 4) is 0 Å². The van der Waals surface area contributed by atoms with Crippen LogP contribution in [0.2, 0.25) is 0 Å². The van der Waals surface area contributed by atoms with Gasteiger partial charge in [-0.2, -0.15) is 13.2 Å². The van der Waals surface area contributed by atoms with E-state index < -0.39 is 29.3 Å². The number of carbonyl (C=O) groups is 2. The minimum atomic E-state index is -4.77. The minimum Gasteiger partial charge on any atom is -0.465 e. The molecule has 2 heterocycles. The summed E-state index contributed by atoms with van der Waals surface area (Å²) in [5.41, 5.74) is 4.74. The van der Waals surface area contributed by atoms with E-state index in [0.717, 1.165) is 22.1 Å². The van der Waals surface area contributed by atoms with Crippen LogP contribution in [0.3, 0.4) is 0 Å². The second-order valence-electron chi connectivity index (χ2n) is 9.06. The van der Waals surface area contributed by atoms with Gasteiger partial charge in [-0.25, -0.2) is 4.79 Å². The molecule has 9 heteroatoms. The van der Waals surface area contributed by atoms with Gasteiger partial charge in [0.05, 0.1) is 11.1 Å². The van der Waals surface area contributed by atoms with E-state index in [9.17, 15) is 27.9 Å². The molecule has 2 fully saturated rings. The fourth-order valence-corrected chi connectivity index (χ4v) is 5.48. The second kappa shape index (κ2) is 8.06. The average Bonchev–Trinajstić information content (AvgIpc) is 3.32. The van der Waals surface area contributed by atoms with Gasteiger partial charge in [0, 0.05) is 30.7 Å². The van der Waals surface area contributed by atoms with E-state index in [0.29, 0.717) is 6.42 Å². The van der Waals surface area contributed by atoms with Crippen molar-refractivity contribution in [1.29, 1.82) is 0 Å². The third-order valence-electron chi connectivity index (χ3n) is 7.08. The highest BCUT2D eigenvalue weighted by molar-refractivity contribution is 5.93. The van der Waals surface area contributed by atoms with Gasteiger partial charge in [0.25, 0.3) is 0 Å². The lowest BCUT2D eigenvalue weighted by Crippen LogP contribution is -2.56. The number of amides is 2. The van der Waals surface area contributed by atoms with Crippen molar-refractivity contribution in [2.45, 2.75) is 50.5 Å². The molecule has 0 saturated carbocycles. The van der Waals surface area contributed by atoms with Crippen LogP contribution in [-0.2, 0) is 18.1 Å². The van der Waals surface area contributed by atoms with Crippen LogP contribution in [0, 0.1) is 6.92 Å². The van der Waals surface area contributed by atoms with Crippen LogP contribution in [0.4, 0.5) is 18.0 Å². The fourth-order valence-electron chi connectivity index (χ4n) is 5.48. The van der Waals surface area contributed by atoms with E-state index in [2.05, 4.69) is 4.90 Å². The summed E-state index contributed by atoms with van der Waals surface area (Å²) in [7, 11) is 0. The number of piperazine rings is 1. The molecule has 3 atom stereocenters. The maximum Gasteiger partial charge on any atom is 0.416 e. The van der Waals surface area contributed by atoms with Crippen molar-refractivity contribution in [2.75, 3.05) is 13.1 Å². The van der Waals surface area contributed by atoms with Crippen LogP contribution in [-0.4, -0.2) is 52.1 Å². The Morgan fingerprint density at radius 1 is 1.24 bits per heavy atom. The molecule has 2 aromatic rings. The molecule has 6 nitrogen and oxygen atoms in total. The van der Waals surface area contributed by atoms with Gasteiger partial charge in [0.15, 0.2) is 0 Å². The Labute approximate surface area is 189 Å². The molecule has 2 aromatic carbocycles. The van der Waals surface area contributed by atoms with E-state index in [4.69, 9.17) is 5.73 Å². The smallest absolute Gasteiger partial charge is 0.416 e. The number of alkyl halides is 3. The molecule has 33 heavy (non-hydrogen) atoms. The largest absolute Gasteiger partial charge is 0.465 e. The molecule has 3 unspecified atom stereocenters. The Kier molecular flexibility index (Phi) is 5.64. The van der Waals surface area contributed by atoms with Gasteiger partial charge < -0.3 is 10.8 Å². The average molecular weight is 461 g/mol.